The number of nitrogens with one attached hydrogen (secondary N) is 2. The predicted octanol–water partition coefficient (Wildman–Crippen LogP) is 2.90. The molecule has 0 aliphatic carbocycles. The fourth-order valence-electron chi connectivity index (χ4n) is 2.99. The zero-order chi connectivity index (χ0) is 20.3. The molecule has 150 valence electrons. The lowest BCUT2D eigenvalue weighted by Crippen LogP contribution is -2.30. The first-order valence-corrected chi connectivity index (χ1v) is 9.55. The van der Waals surface area contributed by atoms with Gasteiger partial charge in [-0.2, -0.15) is 9.97 Å². The Morgan fingerprint density at radius 1 is 1.21 bits per heavy atom. The summed E-state index contributed by atoms with van der Waals surface area (Å²) < 4.78 is 1.95. The fourth-order valence-corrected chi connectivity index (χ4v) is 2.99. The van der Waals surface area contributed by atoms with Gasteiger partial charge in [0.2, 0.25) is 5.95 Å². The molecule has 2 aromatic heterocycles. The highest BCUT2D eigenvalue weighted by Gasteiger charge is 2.17. The number of aromatic hydroxyl groups is 1. The summed E-state index contributed by atoms with van der Waals surface area (Å²) >= 11 is 0. The molecule has 0 bridgehead atoms. The van der Waals surface area contributed by atoms with Gasteiger partial charge in [-0.25, -0.2) is 4.98 Å². The molecule has 0 amide bonds. The van der Waals surface area contributed by atoms with E-state index in [4.69, 9.17) is 0 Å². The number of nitrogens with zero attached hydrogens (tertiary/aromatic N) is 4. The molecule has 4 N–H and O–H groups in total. The highest BCUT2D eigenvalue weighted by atomic mass is 16.3. The number of hydrogen-bond donors (Lipinski definition) is 4. The molecule has 0 radical (unpaired) electrons. The van der Waals surface area contributed by atoms with Crippen molar-refractivity contribution >= 4 is 22.9 Å². The van der Waals surface area contributed by atoms with E-state index in [1.807, 2.05) is 44.4 Å². The number of aryl methyl sites for hydroxylation is 2. The molecular weight excluding hydrogens is 356 g/mol. The van der Waals surface area contributed by atoms with Crippen LogP contribution in [0, 0.1) is 12.8 Å². The summed E-state index contributed by atoms with van der Waals surface area (Å²) in [6.45, 7) is 9.21. The van der Waals surface area contributed by atoms with E-state index in [2.05, 4.69) is 25.6 Å². The maximum absolute atomic E-state index is 10.1. The lowest BCUT2D eigenvalue weighted by Gasteiger charge is -2.20. The monoisotopic (exact) mass is 384 g/mol. The Labute approximate surface area is 164 Å². The number of benzene rings is 1. The first kappa shape index (κ1) is 19.9. The van der Waals surface area contributed by atoms with Gasteiger partial charge in [-0.3, -0.25) is 0 Å². The number of phenols is 1. The molecule has 0 aliphatic heterocycles. The lowest BCUT2D eigenvalue weighted by atomic mass is 10.1. The number of anilines is 2. The molecule has 8 heteroatoms. The second-order valence-electron chi connectivity index (χ2n) is 7.26. The molecule has 3 aromatic rings. The highest BCUT2D eigenvalue weighted by Crippen LogP contribution is 2.24. The molecule has 8 nitrogen and oxygen atoms in total. The Morgan fingerprint density at radius 3 is 2.68 bits per heavy atom. The minimum absolute atomic E-state index is 0.00791. The second-order valence-corrected chi connectivity index (χ2v) is 7.26. The van der Waals surface area contributed by atoms with Gasteiger partial charge >= 0.3 is 0 Å². The van der Waals surface area contributed by atoms with E-state index in [0.717, 1.165) is 23.3 Å². The van der Waals surface area contributed by atoms with E-state index in [9.17, 15) is 10.2 Å². The third-order valence-electron chi connectivity index (χ3n) is 4.80. The zero-order valence-corrected chi connectivity index (χ0v) is 16.8. The summed E-state index contributed by atoms with van der Waals surface area (Å²) in [7, 11) is 0. The van der Waals surface area contributed by atoms with Gasteiger partial charge in [0.15, 0.2) is 17.0 Å². The van der Waals surface area contributed by atoms with Crippen LogP contribution in [0.2, 0.25) is 0 Å². The van der Waals surface area contributed by atoms with Crippen LogP contribution in [-0.2, 0) is 13.1 Å². The highest BCUT2D eigenvalue weighted by molar-refractivity contribution is 5.84. The van der Waals surface area contributed by atoms with E-state index < -0.39 is 0 Å². The summed E-state index contributed by atoms with van der Waals surface area (Å²) in [6.07, 6.45) is 1.74. The van der Waals surface area contributed by atoms with Crippen molar-refractivity contribution in [3.8, 4) is 5.75 Å². The Kier molecular flexibility index (Phi) is 5.99. The normalized spacial score (nSPS) is 12.5. The van der Waals surface area contributed by atoms with E-state index in [0.29, 0.717) is 23.8 Å². The number of aromatic nitrogens is 4. The summed E-state index contributed by atoms with van der Waals surface area (Å²) in [5.74, 6) is 1.48. The predicted molar refractivity (Wildman–Crippen MR) is 111 cm³/mol. The minimum Gasteiger partial charge on any atom is -0.508 e. The van der Waals surface area contributed by atoms with Crippen molar-refractivity contribution in [2.45, 2.75) is 46.8 Å². The van der Waals surface area contributed by atoms with E-state index in [1.165, 1.54) is 0 Å². The van der Waals surface area contributed by atoms with Gasteiger partial charge < -0.3 is 25.4 Å². The molecule has 1 atom stereocenters. The van der Waals surface area contributed by atoms with Crippen molar-refractivity contribution in [2.75, 3.05) is 17.2 Å². The average Bonchev–Trinajstić information content (AvgIpc) is 3.09. The molecular formula is C20H28N6O2. The fraction of sp³-hybridized carbons (Fsp3) is 0.450. The number of rotatable bonds is 8. The van der Waals surface area contributed by atoms with Crippen LogP contribution < -0.4 is 10.6 Å². The van der Waals surface area contributed by atoms with E-state index in [-0.39, 0.29) is 24.3 Å². The maximum atomic E-state index is 10.1. The molecule has 3 rings (SSSR count). The Hall–Kier alpha value is -2.87. The summed E-state index contributed by atoms with van der Waals surface area (Å²) in [4.78, 5) is 13.6. The van der Waals surface area contributed by atoms with Crippen molar-refractivity contribution in [3.05, 3.63) is 35.7 Å². The van der Waals surface area contributed by atoms with Crippen LogP contribution in [0.3, 0.4) is 0 Å². The molecule has 28 heavy (non-hydrogen) atoms. The first-order chi connectivity index (χ1) is 13.4. The number of imidazole rings is 1. The Balaban J connectivity index is 1.95. The van der Waals surface area contributed by atoms with Crippen molar-refractivity contribution in [2.24, 2.45) is 5.92 Å². The van der Waals surface area contributed by atoms with E-state index >= 15 is 0 Å². The molecule has 1 unspecified atom stereocenters. The van der Waals surface area contributed by atoms with Gasteiger partial charge in [-0.15, -0.1) is 0 Å². The van der Waals surface area contributed by atoms with Gasteiger partial charge in [-0.1, -0.05) is 31.5 Å². The van der Waals surface area contributed by atoms with Gasteiger partial charge in [-0.05, 0) is 25.8 Å². The molecule has 2 heterocycles. The maximum Gasteiger partial charge on any atom is 0.227 e. The van der Waals surface area contributed by atoms with Crippen LogP contribution in [0.4, 0.5) is 11.8 Å². The van der Waals surface area contributed by atoms with Crippen molar-refractivity contribution < 1.29 is 10.2 Å². The van der Waals surface area contributed by atoms with Crippen LogP contribution in [0.5, 0.6) is 5.75 Å². The summed E-state index contributed by atoms with van der Waals surface area (Å²) in [5, 5.41) is 26.2. The Morgan fingerprint density at radius 2 is 2.00 bits per heavy atom. The smallest absolute Gasteiger partial charge is 0.227 e. The molecule has 0 spiro atoms. The SMILES string of the molecule is CCn1cnc2c(NCc3cc(C)ccc3O)nc(NC(CO)C(C)C)nc21. The largest absolute Gasteiger partial charge is 0.508 e. The van der Waals surface area contributed by atoms with Crippen molar-refractivity contribution in [1.29, 1.82) is 0 Å². The second kappa shape index (κ2) is 8.43. The van der Waals surface area contributed by atoms with Crippen LogP contribution >= 0.6 is 0 Å². The molecule has 0 fully saturated rings. The van der Waals surface area contributed by atoms with Gasteiger partial charge in [0, 0.05) is 18.7 Å². The number of phenolic OH excluding ortho intramolecular Hbond substituents is 1. The van der Waals surface area contributed by atoms with Crippen molar-refractivity contribution in [3.63, 3.8) is 0 Å². The van der Waals surface area contributed by atoms with Crippen molar-refractivity contribution in [1.82, 2.24) is 19.5 Å². The number of aliphatic hydroxyl groups is 1. The van der Waals surface area contributed by atoms with Gasteiger partial charge in [0.25, 0.3) is 0 Å². The molecule has 1 aromatic carbocycles. The van der Waals surface area contributed by atoms with Gasteiger partial charge in [0.05, 0.1) is 19.0 Å². The number of hydrogen-bond acceptors (Lipinski definition) is 7. The molecule has 0 saturated heterocycles. The first-order valence-electron chi connectivity index (χ1n) is 9.55. The van der Waals surface area contributed by atoms with Gasteiger partial charge in [0.1, 0.15) is 5.75 Å². The Bertz CT molecular complexity index is 953. The zero-order valence-electron chi connectivity index (χ0n) is 16.8. The average molecular weight is 384 g/mol. The van der Waals surface area contributed by atoms with Crippen LogP contribution in [0.25, 0.3) is 11.2 Å². The van der Waals surface area contributed by atoms with Crippen LogP contribution in [-0.4, -0.2) is 42.4 Å². The summed E-state index contributed by atoms with van der Waals surface area (Å²) in [5.41, 5.74) is 3.25. The third kappa shape index (κ3) is 4.17. The number of aliphatic hydroxyl groups excluding tert-OH is 1. The number of fused-ring (bicyclic) bond motifs is 1. The standard InChI is InChI=1S/C20H28N6O2/c1-5-26-11-22-17-18(21-9-14-8-13(4)6-7-16(14)28)24-20(25-19(17)26)23-15(10-27)12(2)3/h6-8,11-12,15,27-28H,5,9-10H2,1-4H3,(H2,21,23,24,25). The quantitative estimate of drug-likeness (QED) is 0.473. The third-order valence-corrected chi connectivity index (χ3v) is 4.80. The van der Waals surface area contributed by atoms with Crippen LogP contribution in [0.15, 0.2) is 24.5 Å². The summed E-state index contributed by atoms with van der Waals surface area (Å²) in [6, 6.07) is 5.34. The van der Waals surface area contributed by atoms with E-state index in [1.54, 1.807) is 12.4 Å². The minimum atomic E-state index is -0.149. The molecule has 0 saturated carbocycles. The lowest BCUT2D eigenvalue weighted by molar-refractivity contribution is 0.248. The van der Waals surface area contributed by atoms with Crippen LogP contribution in [0.1, 0.15) is 31.9 Å². The molecule has 0 aliphatic rings. The topological polar surface area (TPSA) is 108 Å².